The molecule has 0 radical (unpaired) electrons. The van der Waals surface area contributed by atoms with Gasteiger partial charge in [-0.05, 0) is 35.9 Å². The largest absolute Gasteiger partial charge is 0.392 e. The molecule has 19 heavy (non-hydrogen) atoms. The third-order valence-corrected chi connectivity index (χ3v) is 3.25. The number of halogens is 3. The Bertz CT molecular complexity index is 405. The molecule has 0 aliphatic carbocycles. The molecule has 1 aromatic rings. The van der Waals surface area contributed by atoms with Crippen molar-refractivity contribution < 1.29 is 13.2 Å². The average molecular weight is 273 g/mol. The van der Waals surface area contributed by atoms with E-state index in [1.54, 1.807) is 6.07 Å². The minimum atomic E-state index is -4.18. The molecule has 1 nitrogen and oxygen atoms in total. The van der Waals surface area contributed by atoms with Crippen LogP contribution in [-0.4, -0.2) is 12.7 Å². The van der Waals surface area contributed by atoms with Crippen LogP contribution in [0, 0.1) is 5.92 Å². The first-order valence-electron chi connectivity index (χ1n) is 6.51. The summed E-state index contributed by atoms with van der Waals surface area (Å²) in [5.74, 6) is -1.35. The second kappa shape index (κ2) is 5.95. The number of benzene rings is 1. The SMILES string of the molecule is CC(C)(C)c1cccc(CC(CCN)C(F)(F)F)c1. The molecule has 1 rings (SSSR count). The summed E-state index contributed by atoms with van der Waals surface area (Å²) in [5, 5.41) is 0. The molecule has 108 valence electrons. The van der Waals surface area contributed by atoms with E-state index in [1.807, 2.05) is 39.0 Å². The van der Waals surface area contributed by atoms with Crippen molar-refractivity contribution in [3.05, 3.63) is 35.4 Å². The van der Waals surface area contributed by atoms with Gasteiger partial charge in [-0.2, -0.15) is 13.2 Å². The lowest BCUT2D eigenvalue weighted by Gasteiger charge is -2.22. The Balaban J connectivity index is 2.91. The highest BCUT2D eigenvalue weighted by Gasteiger charge is 2.38. The summed E-state index contributed by atoms with van der Waals surface area (Å²) in [4.78, 5) is 0. The Kier molecular flexibility index (Phi) is 5.02. The van der Waals surface area contributed by atoms with Gasteiger partial charge in [0.25, 0.3) is 0 Å². The zero-order valence-electron chi connectivity index (χ0n) is 11.7. The van der Waals surface area contributed by atoms with Crippen LogP contribution in [0.25, 0.3) is 0 Å². The standard InChI is InChI=1S/C15H22F3N/c1-14(2,3)12-6-4-5-11(9-12)10-13(7-8-19)15(16,17)18/h4-6,9,13H,7-8,10,19H2,1-3H3. The summed E-state index contributed by atoms with van der Waals surface area (Å²) in [6.45, 7) is 6.21. The highest BCUT2D eigenvalue weighted by atomic mass is 19.4. The molecule has 0 spiro atoms. The number of rotatable bonds is 4. The normalized spacial score (nSPS) is 14.5. The minimum Gasteiger partial charge on any atom is -0.330 e. The van der Waals surface area contributed by atoms with Crippen molar-refractivity contribution in [1.82, 2.24) is 0 Å². The van der Waals surface area contributed by atoms with Crippen molar-refractivity contribution >= 4 is 0 Å². The van der Waals surface area contributed by atoms with E-state index >= 15 is 0 Å². The van der Waals surface area contributed by atoms with E-state index in [0.717, 1.165) is 11.1 Å². The van der Waals surface area contributed by atoms with Crippen LogP contribution in [0.2, 0.25) is 0 Å². The second-order valence-corrected chi connectivity index (χ2v) is 5.97. The Hall–Kier alpha value is -1.03. The van der Waals surface area contributed by atoms with Crippen molar-refractivity contribution in [3.8, 4) is 0 Å². The molecule has 1 atom stereocenters. The second-order valence-electron chi connectivity index (χ2n) is 5.97. The van der Waals surface area contributed by atoms with E-state index in [-0.39, 0.29) is 24.8 Å². The number of nitrogens with two attached hydrogens (primary N) is 1. The van der Waals surface area contributed by atoms with Gasteiger partial charge in [-0.1, -0.05) is 45.0 Å². The predicted molar refractivity (Wildman–Crippen MR) is 72.1 cm³/mol. The average Bonchev–Trinajstić information content (AvgIpc) is 2.26. The fourth-order valence-electron chi connectivity index (χ4n) is 2.03. The topological polar surface area (TPSA) is 26.0 Å². The van der Waals surface area contributed by atoms with Crippen molar-refractivity contribution in [1.29, 1.82) is 0 Å². The van der Waals surface area contributed by atoms with Crippen LogP contribution in [0.5, 0.6) is 0 Å². The maximum absolute atomic E-state index is 12.9. The Morgan fingerprint density at radius 3 is 2.26 bits per heavy atom. The number of alkyl halides is 3. The molecule has 0 amide bonds. The number of hydrogen-bond acceptors (Lipinski definition) is 1. The highest BCUT2D eigenvalue weighted by molar-refractivity contribution is 5.29. The summed E-state index contributed by atoms with van der Waals surface area (Å²) in [6, 6.07) is 7.40. The van der Waals surface area contributed by atoms with Crippen molar-refractivity contribution in [2.45, 2.75) is 45.2 Å². The van der Waals surface area contributed by atoms with Gasteiger partial charge in [0.15, 0.2) is 0 Å². The van der Waals surface area contributed by atoms with Gasteiger partial charge in [-0.15, -0.1) is 0 Å². The van der Waals surface area contributed by atoms with E-state index in [4.69, 9.17) is 5.73 Å². The molecule has 0 fully saturated rings. The summed E-state index contributed by atoms with van der Waals surface area (Å²) >= 11 is 0. The predicted octanol–water partition coefficient (Wildman–Crippen LogP) is 4.05. The summed E-state index contributed by atoms with van der Waals surface area (Å²) in [7, 11) is 0. The lowest BCUT2D eigenvalue weighted by Crippen LogP contribution is -2.27. The number of hydrogen-bond donors (Lipinski definition) is 1. The molecule has 0 bridgehead atoms. The molecule has 0 aromatic heterocycles. The van der Waals surface area contributed by atoms with Gasteiger partial charge in [0.2, 0.25) is 0 Å². The van der Waals surface area contributed by atoms with Gasteiger partial charge in [0.1, 0.15) is 0 Å². The zero-order valence-corrected chi connectivity index (χ0v) is 11.7. The van der Waals surface area contributed by atoms with Gasteiger partial charge in [-0.25, -0.2) is 0 Å². The van der Waals surface area contributed by atoms with E-state index in [9.17, 15) is 13.2 Å². The van der Waals surface area contributed by atoms with Gasteiger partial charge in [0.05, 0.1) is 5.92 Å². The van der Waals surface area contributed by atoms with E-state index in [0.29, 0.717) is 0 Å². The fourth-order valence-corrected chi connectivity index (χ4v) is 2.03. The Morgan fingerprint density at radius 1 is 1.16 bits per heavy atom. The maximum atomic E-state index is 12.9. The molecule has 2 N–H and O–H groups in total. The van der Waals surface area contributed by atoms with E-state index in [2.05, 4.69) is 0 Å². The lowest BCUT2D eigenvalue weighted by molar-refractivity contribution is -0.175. The van der Waals surface area contributed by atoms with Crippen LogP contribution >= 0.6 is 0 Å². The van der Waals surface area contributed by atoms with Gasteiger partial charge >= 0.3 is 6.18 Å². The summed E-state index contributed by atoms with van der Waals surface area (Å²) < 4.78 is 38.6. The quantitative estimate of drug-likeness (QED) is 0.879. The molecular weight excluding hydrogens is 251 g/mol. The van der Waals surface area contributed by atoms with Crippen molar-refractivity contribution in [2.24, 2.45) is 11.7 Å². The summed E-state index contributed by atoms with van der Waals surface area (Å²) in [5.41, 5.74) is 7.00. The molecule has 0 aliphatic heterocycles. The van der Waals surface area contributed by atoms with Crippen LogP contribution in [0.1, 0.15) is 38.3 Å². The van der Waals surface area contributed by atoms with E-state index in [1.165, 1.54) is 0 Å². The molecule has 4 heteroatoms. The van der Waals surface area contributed by atoms with Crippen molar-refractivity contribution in [3.63, 3.8) is 0 Å². The maximum Gasteiger partial charge on any atom is 0.392 e. The Morgan fingerprint density at radius 2 is 1.79 bits per heavy atom. The minimum absolute atomic E-state index is 0.00458. The van der Waals surface area contributed by atoms with Gasteiger partial charge in [0, 0.05) is 0 Å². The first-order valence-corrected chi connectivity index (χ1v) is 6.51. The Labute approximate surface area is 113 Å². The zero-order chi connectivity index (χ0) is 14.7. The van der Waals surface area contributed by atoms with Crippen LogP contribution < -0.4 is 5.73 Å². The highest BCUT2D eigenvalue weighted by Crippen LogP contribution is 2.32. The van der Waals surface area contributed by atoms with Crippen LogP contribution in [0.15, 0.2) is 24.3 Å². The molecule has 0 saturated heterocycles. The molecule has 0 aliphatic rings. The molecule has 1 aromatic carbocycles. The van der Waals surface area contributed by atoms with E-state index < -0.39 is 12.1 Å². The lowest BCUT2D eigenvalue weighted by atomic mass is 9.85. The third-order valence-electron chi connectivity index (χ3n) is 3.25. The van der Waals surface area contributed by atoms with Crippen molar-refractivity contribution in [2.75, 3.05) is 6.54 Å². The van der Waals surface area contributed by atoms with Crippen LogP contribution in [0.3, 0.4) is 0 Å². The van der Waals surface area contributed by atoms with Gasteiger partial charge < -0.3 is 5.73 Å². The van der Waals surface area contributed by atoms with Gasteiger partial charge in [-0.3, -0.25) is 0 Å². The van der Waals surface area contributed by atoms with Crippen LogP contribution in [0.4, 0.5) is 13.2 Å². The summed E-state index contributed by atoms with van der Waals surface area (Å²) in [6.07, 6.45) is -4.20. The smallest absolute Gasteiger partial charge is 0.330 e. The first-order chi connectivity index (χ1) is 8.64. The molecule has 1 unspecified atom stereocenters. The molecule has 0 heterocycles. The molecule has 0 saturated carbocycles. The fraction of sp³-hybridized carbons (Fsp3) is 0.600. The third kappa shape index (κ3) is 4.86. The first kappa shape index (κ1) is 16.0. The molecular formula is C15H22F3N. The van der Waals surface area contributed by atoms with Crippen LogP contribution in [-0.2, 0) is 11.8 Å². The monoisotopic (exact) mass is 273 g/mol.